The highest BCUT2D eigenvalue weighted by molar-refractivity contribution is 5.81. The summed E-state index contributed by atoms with van der Waals surface area (Å²) in [6.45, 7) is 3.56. The molecule has 2 rings (SSSR count). The first-order valence-corrected chi connectivity index (χ1v) is 6.51. The van der Waals surface area contributed by atoms with Gasteiger partial charge in [-0.15, -0.1) is 0 Å². The Morgan fingerprint density at radius 1 is 1.37 bits per heavy atom. The topological polar surface area (TPSA) is 64.8 Å². The van der Waals surface area contributed by atoms with Gasteiger partial charge >= 0.3 is 0 Å². The molecule has 1 aliphatic heterocycles. The number of ether oxygens (including phenoxy) is 2. The van der Waals surface area contributed by atoms with E-state index in [-0.39, 0.29) is 5.91 Å². The van der Waals surface area contributed by atoms with Gasteiger partial charge < -0.3 is 20.1 Å². The Labute approximate surface area is 113 Å². The molecule has 0 radical (unpaired) electrons. The molecule has 0 aromatic heterocycles. The Kier molecular flexibility index (Phi) is 4.27. The molecule has 1 atom stereocenters. The molecular weight excluding hydrogens is 244 g/mol. The van der Waals surface area contributed by atoms with Gasteiger partial charge in [-0.25, -0.2) is 0 Å². The molecule has 0 unspecified atom stereocenters. The highest BCUT2D eigenvalue weighted by Crippen LogP contribution is 2.31. The van der Waals surface area contributed by atoms with Crippen molar-refractivity contribution < 1.29 is 14.3 Å². The average Bonchev–Trinajstić information content (AvgIpc) is 2.45. The van der Waals surface area contributed by atoms with Crippen molar-refractivity contribution >= 4 is 5.91 Å². The van der Waals surface area contributed by atoms with Gasteiger partial charge in [-0.3, -0.25) is 4.79 Å². The molecule has 1 aliphatic rings. The van der Waals surface area contributed by atoms with Gasteiger partial charge in [0.1, 0.15) is 13.2 Å². The Hall–Kier alpha value is -1.75. The molecule has 1 heterocycles. The zero-order valence-electron chi connectivity index (χ0n) is 11.4. The van der Waals surface area contributed by atoms with Crippen LogP contribution in [-0.4, -0.2) is 37.1 Å². The van der Waals surface area contributed by atoms with Crippen LogP contribution in [0, 0.1) is 0 Å². The van der Waals surface area contributed by atoms with Crippen LogP contribution in [0.3, 0.4) is 0 Å². The molecule has 1 amide bonds. The minimum Gasteiger partial charge on any atom is -0.486 e. The largest absolute Gasteiger partial charge is 0.486 e. The van der Waals surface area contributed by atoms with E-state index in [0.717, 1.165) is 17.1 Å². The second-order valence-corrected chi connectivity index (χ2v) is 4.69. The molecule has 0 aliphatic carbocycles. The maximum atomic E-state index is 11.9. The lowest BCUT2D eigenvalue weighted by atomic mass is 10.1. The Morgan fingerprint density at radius 2 is 2.05 bits per heavy atom. The van der Waals surface area contributed by atoms with Crippen LogP contribution in [0.4, 0.5) is 0 Å². The summed E-state index contributed by atoms with van der Waals surface area (Å²) in [4.78, 5) is 13.6. The third-order valence-electron chi connectivity index (χ3n) is 3.16. The number of nitrogens with zero attached hydrogens (tertiary/aromatic N) is 1. The Balaban J connectivity index is 2.05. The quantitative estimate of drug-likeness (QED) is 0.886. The van der Waals surface area contributed by atoms with Crippen molar-refractivity contribution in [1.29, 1.82) is 0 Å². The number of hydrogen-bond acceptors (Lipinski definition) is 4. The van der Waals surface area contributed by atoms with Crippen LogP contribution < -0.4 is 15.2 Å². The fraction of sp³-hybridized carbons (Fsp3) is 0.500. The summed E-state index contributed by atoms with van der Waals surface area (Å²) in [7, 11) is 1.76. The van der Waals surface area contributed by atoms with Crippen molar-refractivity contribution in [2.75, 3.05) is 20.3 Å². The Bertz CT molecular complexity index is 462. The van der Waals surface area contributed by atoms with Crippen LogP contribution in [0.5, 0.6) is 11.5 Å². The molecule has 0 saturated carbocycles. The summed E-state index contributed by atoms with van der Waals surface area (Å²) >= 11 is 0. The van der Waals surface area contributed by atoms with E-state index in [1.807, 2.05) is 25.1 Å². The van der Waals surface area contributed by atoms with E-state index in [2.05, 4.69) is 0 Å². The number of carbonyl (C=O) groups is 1. The number of nitrogens with two attached hydrogens (primary N) is 1. The van der Waals surface area contributed by atoms with Crippen LogP contribution in [0.25, 0.3) is 0 Å². The zero-order chi connectivity index (χ0) is 13.8. The van der Waals surface area contributed by atoms with Gasteiger partial charge in [-0.1, -0.05) is 13.0 Å². The van der Waals surface area contributed by atoms with Crippen molar-refractivity contribution in [2.24, 2.45) is 5.73 Å². The smallest absolute Gasteiger partial charge is 0.239 e. The van der Waals surface area contributed by atoms with Gasteiger partial charge in [0.25, 0.3) is 0 Å². The molecule has 19 heavy (non-hydrogen) atoms. The van der Waals surface area contributed by atoms with Crippen LogP contribution in [-0.2, 0) is 11.3 Å². The normalized spacial score (nSPS) is 14.9. The van der Waals surface area contributed by atoms with Crippen LogP contribution in [0.2, 0.25) is 0 Å². The third kappa shape index (κ3) is 3.17. The molecular formula is C14H20N2O3. The average molecular weight is 264 g/mol. The minimum absolute atomic E-state index is 0.0441. The van der Waals surface area contributed by atoms with Gasteiger partial charge in [0.15, 0.2) is 11.5 Å². The van der Waals surface area contributed by atoms with E-state index in [1.54, 1.807) is 11.9 Å². The van der Waals surface area contributed by atoms with Crippen molar-refractivity contribution in [3.05, 3.63) is 23.8 Å². The van der Waals surface area contributed by atoms with Gasteiger partial charge in [0.2, 0.25) is 5.91 Å². The van der Waals surface area contributed by atoms with E-state index < -0.39 is 6.04 Å². The summed E-state index contributed by atoms with van der Waals surface area (Å²) in [6.07, 6.45) is 0.643. The molecule has 0 fully saturated rings. The SMILES string of the molecule is CC[C@@H](N)C(=O)N(C)Cc1ccc2c(c1)OCCO2. The molecule has 0 bridgehead atoms. The van der Waals surface area contributed by atoms with Crippen molar-refractivity contribution in [2.45, 2.75) is 25.9 Å². The van der Waals surface area contributed by atoms with Crippen molar-refractivity contribution in [3.63, 3.8) is 0 Å². The lowest BCUT2D eigenvalue weighted by Gasteiger charge is -2.22. The minimum atomic E-state index is -0.429. The summed E-state index contributed by atoms with van der Waals surface area (Å²) in [5, 5.41) is 0. The molecule has 0 spiro atoms. The van der Waals surface area contributed by atoms with Gasteiger partial charge in [-0.05, 0) is 24.1 Å². The van der Waals surface area contributed by atoms with Crippen molar-refractivity contribution in [3.8, 4) is 11.5 Å². The molecule has 104 valence electrons. The lowest BCUT2D eigenvalue weighted by molar-refractivity contribution is -0.131. The van der Waals surface area contributed by atoms with Gasteiger partial charge in [0, 0.05) is 13.6 Å². The fourth-order valence-electron chi connectivity index (χ4n) is 2.00. The van der Waals surface area contributed by atoms with Gasteiger partial charge in [0.05, 0.1) is 6.04 Å². The van der Waals surface area contributed by atoms with Crippen molar-refractivity contribution in [1.82, 2.24) is 4.90 Å². The number of likely N-dealkylation sites (N-methyl/N-ethyl adjacent to an activating group) is 1. The fourth-order valence-corrected chi connectivity index (χ4v) is 2.00. The molecule has 5 heteroatoms. The summed E-state index contributed by atoms with van der Waals surface area (Å²) < 4.78 is 11.0. The third-order valence-corrected chi connectivity index (χ3v) is 3.16. The first-order valence-electron chi connectivity index (χ1n) is 6.51. The predicted octanol–water partition coefficient (Wildman–Crippen LogP) is 1.15. The molecule has 5 nitrogen and oxygen atoms in total. The summed E-state index contributed by atoms with van der Waals surface area (Å²) in [6, 6.07) is 5.30. The van der Waals surface area contributed by atoms with Crippen LogP contribution in [0.15, 0.2) is 18.2 Å². The first kappa shape index (κ1) is 13.7. The first-order chi connectivity index (χ1) is 9.11. The second kappa shape index (κ2) is 5.93. The molecule has 1 aromatic rings. The molecule has 2 N–H and O–H groups in total. The summed E-state index contributed by atoms with van der Waals surface area (Å²) in [5.41, 5.74) is 6.75. The molecule has 1 aromatic carbocycles. The van der Waals surface area contributed by atoms with E-state index in [9.17, 15) is 4.79 Å². The van der Waals surface area contributed by atoms with Gasteiger partial charge in [-0.2, -0.15) is 0 Å². The number of carbonyl (C=O) groups excluding carboxylic acids is 1. The van der Waals surface area contributed by atoms with E-state index in [0.29, 0.717) is 26.2 Å². The second-order valence-electron chi connectivity index (χ2n) is 4.69. The molecule has 0 saturated heterocycles. The number of hydrogen-bond donors (Lipinski definition) is 1. The number of rotatable bonds is 4. The number of amides is 1. The predicted molar refractivity (Wildman–Crippen MR) is 72.2 cm³/mol. The highest BCUT2D eigenvalue weighted by Gasteiger charge is 2.17. The summed E-state index contributed by atoms with van der Waals surface area (Å²) in [5.74, 6) is 1.45. The highest BCUT2D eigenvalue weighted by atomic mass is 16.6. The van der Waals surface area contributed by atoms with E-state index in [4.69, 9.17) is 15.2 Å². The number of fused-ring (bicyclic) bond motifs is 1. The van der Waals surface area contributed by atoms with Crippen LogP contribution in [0.1, 0.15) is 18.9 Å². The van der Waals surface area contributed by atoms with E-state index in [1.165, 1.54) is 0 Å². The maximum absolute atomic E-state index is 11.9. The zero-order valence-corrected chi connectivity index (χ0v) is 11.4. The lowest BCUT2D eigenvalue weighted by Crippen LogP contribution is -2.40. The number of benzene rings is 1. The standard InChI is InChI=1S/C14H20N2O3/c1-3-11(15)14(17)16(2)9-10-4-5-12-13(8-10)19-7-6-18-12/h4-5,8,11H,3,6-7,9,15H2,1-2H3/t11-/m1/s1. The Morgan fingerprint density at radius 3 is 2.74 bits per heavy atom. The monoisotopic (exact) mass is 264 g/mol. The van der Waals surface area contributed by atoms with E-state index >= 15 is 0 Å². The van der Waals surface area contributed by atoms with Crippen LogP contribution >= 0.6 is 0 Å². The maximum Gasteiger partial charge on any atom is 0.239 e.